The predicted octanol–water partition coefficient (Wildman–Crippen LogP) is 2.02. The summed E-state index contributed by atoms with van der Waals surface area (Å²) in [4.78, 5) is 0. The highest BCUT2D eigenvalue weighted by Gasteiger charge is 2.21. The molecule has 0 amide bonds. The summed E-state index contributed by atoms with van der Waals surface area (Å²) >= 11 is 0. The Morgan fingerprint density at radius 2 is 2.06 bits per heavy atom. The molecule has 0 aliphatic carbocycles. The molecule has 0 unspecified atom stereocenters. The standard InChI is InChI=1S/C12H19N5O/c1-8-9(7-14-17(8)5)6-13-11-16-15-10(18-11)12(2,3)4/h7H,6H2,1-5H3,(H,13,16). The molecule has 0 atom stereocenters. The molecule has 18 heavy (non-hydrogen) atoms. The van der Waals surface area contributed by atoms with Crippen molar-refractivity contribution >= 4 is 6.01 Å². The fraction of sp³-hybridized carbons (Fsp3) is 0.583. The van der Waals surface area contributed by atoms with Crippen molar-refractivity contribution in [3.05, 3.63) is 23.3 Å². The summed E-state index contributed by atoms with van der Waals surface area (Å²) in [7, 11) is 1.92. The van der Waals surface area contributed by atoms with Crippen LogP contribution in [-0.2, 0) is 19.0 Å². The van der Waals surface area contributed by atoms with Crippen LogP contribution in [0.3, 0.4) is 0 Å². The van der Waals surface area contributed by atoms with Crippen LogP contribution in [0, 0.1) is 6.92 Å². The summed E-state index contributed by atoms with van der Waals surface area (Å²) in [5, 5.41) is 15.3. The zero-order chi connectivity index (χ0) is 13.3. The zero-order valence-corrected chi connectivity index (χ0v) is 11.5. The Labute approximate surface area is 106 Å². The fourth-order valence-corrected chi connectivity index (χ4v) is 1.49. The summed E-state index contributed by atoms with van der Waals surface area (Å²) in [5.41, 5.74) is 2.11. The smallest absolute Gasteiger partial charge is 0.315 e. The van der Waals surface area contributed by atoms with Gasteiger partial charge in [0, 0.05) is 30.3 Å². The van der Waals surface area contributed by atoms with Gasteiger partial charge in [0.05, 0.1) is 6.20 Å². The first-order valence-corrected chi connectivity index (χ1v) is 5.93. The maximum Gasteiger partial charge on any atom is 0.315 e. The summed E-state index contributed by atoms with van der Waals surface area (Å²) in [6, 6.07) is 0.447. The monoisotopic (exact) mass is 249 g/mol. The van der Waals surface area contributed by atoms with Crippen molar-refractivity contribution in [3.63, 3.8) is 0 Å². The van der Waals surface area contributed by atoms with Gasteiger partial charge in [0.15, 0.2) is 0 Å². The Bertz CT molecular complexity index is 535. The van der Waals surface area contributed by atoms with Crippen LogP contribution in [-0.4, -0.2) is 20.0 Å². The molecular weight excluding hydrogens is 230 g/mol. The third-order valence-electron chi connectivity index (χ3n) is 2.83. The van der Waals surface area contributed by atoms with Crippen molar-refractivity contribution < 1.29 is 4.42 Å². The molecule has 2 aromatic rings. The molecule has 6 nitrogen and oxygen atoms in total. The second kappa shape index (κ2) is 4.44. The summed E-state index contributed by atoms with van der Waals surface area (Å²) in [5.74, 6) is 0.632. The van der Waals surface area contributed by atoms with E-state index < -0.39 is 0 Å². The van der Waals surface area contributed by atoms with Crippen molar-refractivity contribution in [3.8, 4) is 0 Å². The van der Waals surface area contributed by atoms with Crippen molar-refractivity contribution in [1.82, 2.24) is 20.0 Å². The molecule has 0 spiro atoms. The third-order valence-corrected chi connectivity index (χ3v) is 2.83. The van der Waals surface area contributed by atoms with E-state index in [0.717, 1.165) is 11.3 Å². The maximum absolute atomic E-state index is 5.56. The van der Waals surface area contributed by atoms with Gasteiger partial charge in [-0.15, -0.1) is 5.10 Å². The molecule has 0 radical (unpaired) electrons. The van der Waals surface area contributed by atoms with Crippen LogP contribution in [0.1, 0.15) is 37.9 Å². The van der Waals surface area contributed by atoms with E-state index in [1.165, 1.54) is 0 Å². The molecular formula is C12H19N5O. The second-order valence-corrected chi connectivity index (χ2v) is 5.39. The topological polar surface area (TPSA) is 68.8 Å². The van der Waals surface area contributed by atoms with Gasteiger partial charge in [0.25, 0.3) is 0 Å². The number of aromatic nitrogens is 4. The van der Waals surface area contributed by atoms with E-state index in [2.05, 4.69) is 20.6 Å². The number of nitrogens with one attached hydrogen (secondary N) is 1. The van der Waals surface area contributed by atoms with Crippen LogP contribution in [0.5, 0.6) is 0 Å². The maximum atomic E-state index is 5.56. The van der Waals surface area contributed by atoms with Crippen molar-refractivity contribution in [2.45, 2.75) is 39.7 Å². The van der Waals surface area contributed by atoms with E-state index in [0.29, 0.717) is 18.5 Å². The lowest BCUT2D eigenvalue weighted by molar-refractivity contribution is 0.399. The average molecular weight is 249 g/mol. The van der Waals surface area contributed by atoms with Gasteiger partial charge in [0.1, 0.15) is 0 Å². The minimum atomic E-state index is -0.128. The molecule has 0 saturated heterocycles. The van der Waals surface area contributed by atoms with Gasteiger partial charge in [-0.1, -0.05) is 25.9 Å². The van der Waals surface area contributed by atoms with E-state index in [1.54, 1.807) is 0 Å². The lowest BCUT2D eigenvalue weighted by Gasteiger charge is -2.10. The number of nitrogens with zero attached hydrogens (tertiary/aromatic N) is 4. The second-order valence-electron chi connectivity index (χ2n) is 5.39. The average Bonchev–Trinajstić information content (AvgIpc) is 2.86. The Morgan fingerprint density at radius 3 is 2.56 bits per heavy atom. The van der Waals surface area contributed by atoms with E-state index in [9.17, 15) is 0 Å². The number of hydrogen-bond acceptors (Lipinski definition) is 5. The first kappa shape index (κ1) is 12.6. The lowest BCUT2D eigenvalue weighted by atomic mass is 9.97. The van der Waals surface area contributed by atoms with Gasteiger partial charge < -0.3 is 9.73 Å². The Morgan fingerprint density at radius 1 is 1.33 bits per heavy atom. The minimum Gasteiger partial charge on any atom is -0.408 e. The van der Waals surface area contributed by atoms with Crippen LogP contribution in [0.25, 0.3) is 0 Å². The van der Waals surface area contributed by atoms with Crippen LogP contribution < -0.4 is 5.32 Å². The normalized spacial score (nSPS) is 11.8. The quantitative estimate of drug-likeness (QED) is 0.901. The molecule has 2 rings (SSSR count). The van der Waals surface area contributed by atoms with E-state index in [4.69, 9.17) is 4.42 Å². The largest absolute Gasteiger partial charge is 0.408 e. The van der Waals surface area contributed by atoms with Crippen LogP contribution in [0.2, 0.25) is 0 Å². The van der Waals surface area contributed by atoms with Crippen LogP contribution in [0.4, 0.5) is 6.01 Å². The predicted molar refractivity (Wildman–Crippen MR) is 68.3 cm³/mol. The number of anilines is 1. The van der Waals surface area contributed by atoms with Crippen LogP contribution in [0.15, 0.2) is 10.6 Å². The van der Waals surface area contributed by atoms with E-state index >= 15 is 0 Å². The molecule has 0 bridgehead atoms. The lowest BCUT2D eigenvalue weighted by Crippen LogP contribution is -2.11. The molecule has 2 heterocycles. The molecule has 0 fully saturated rings. The van der Waals surface area contributed by atoms with Gasteiger partial charge in [-0.2, -0.15) is 5.10 Å². The van der Waals surface area contributed by atoms with E-state index in [1.807, 2.05) is 45.6 Å². The van der Waals surface area contributed by atoms with E-state index in [-0.39, 0.29) is 5.41 Å². The van der Waals surface area contributed by atoms with Gasteiger partial charge in [-0.3, -0.25) is 4.68 Å². The highest BCUT2D eigenvalue weighted by Crippen LogP contribution is 2.22. The highest BCUT2D eigenvalue weighted by atomic mass is 16.4. The Balaban J connectivity index is 2.03. The SMILES string of the molecule is Cc1c(CNc2nnc(C(C)(C)C)o2)cnn1C. The Kier molecular flexibility index (Phi) is 3.11. The third kappa shape index (κ3) is 2.52. The first-order chi connectivity index (χ1) is 8.38. The molecule has 1 N–H and O–H groups in total. The first-order valence-electron chi connectivity index (χ1n) is 5.93. The van der Waals surface area contributed by atoms with Gasteiger partial charge >= 0.3 is 6.01 Å². The van der Waals surface area contributed by atoms with Crippen molar-refractivity contribution in [2.75, 3.05) is 5.32 Å². The van der Waals surface area contributed by atoms with Crippen molar-refractivity contribution in [1.29, 1.82) is 0 Å². The van der Waals surface area contributed by atoms with Crippen LogP contribution >= 0.6 is 0 Å². The Hall–Kier alpha value is -1.85. The molecule has 2 aromatic heterocycles. The molecule has 98 valence electrons. The number of aryl methyl sites for hydroxylation is 1. The molecule has 0 saturated carbocycles. The fourth-order valence-electron chi connectivity index (χ4n) is 1.49. The van der Waals surface area contributed by atoms with Gasteiger partial charge in [-0.25, -0.2) is 0 Å². The van der Waals surface area contributed by atoms with Gasteiger partial charge in [-0.05, 0) is 6.92 Å². The zero-order valence-electron chi connectivity index (χ0n) is 11.5. The molecule has 6 heteroatoms. The number of rotatable bonds is 3. The van der Waals surface area contributed by atoms with Crippen molar-refractivity contribution in [2.24, 2.45) is 7.05 Å². The summed E-state index contributed by atoms with van der Waals surface area (Å²) < 4.78 is 7.39. The highest BCUT2D eigenvalue weighted by molar-refractivity contribution is 5.25. The molecule has 0 aliphatic rings. The van der Waals surface area contributed by atoms with Gasteiger partial charge in [0.2, 0.25) is 5.89 Å². The minimum absolute atomic E-state index is 0.128. The molecule has 0 aromatic carbocycles. The summed E-state index contributed by atoms with van der Waals surface area (Å²) in [6.07, 6.45) is 1.84. The summed E-state index contributed by atoms with van der Waals surface area (Å²) in [6.45, 7) is 8.77. The molecule has 0 aliphatic heterocycles. The number of hydrogen-bond donors (Lipinski definition) is 1.